The zero-order chi connectivity index (χ0) is 22.9. The van der Waals surface area contributed by atoms with Crippen LogP contribution >= 0.6 is 0 Å². The predicted molar refractivity (Wildman–Crippen MR) is 128 cm³/mol. The highest BCUT2D eigenvalue weighted by atomic mass is 19.1. The molecule has 2 aromatic heterocycles. The van der Waals surface area contributed by atoms with Gasteiger partial charge in [-0.15, -0.1) is 0 Å². The van der Waals surface area contributed by atoms with Crippen molar-refractivity contribution in [1.29, 1.82) is 0 Å². The summed E-state index contributed by atoms with van der Waals surface area (Å²) in [6.45, 7) is 4.59. The number of hydrogen-bond donors (Lipinski definition) is 0. The van der Waals surface area contributed by atoms with Crippen LogP contribution < -0.4 is 4.74 Å². The minimum atomic E-state index is -0.243. The summed E-state index contributed by atoms with van der Waals surface area (Å²) >= 11 is 0. The zero-order valence-corrected chi connectivity index (χ0v) is 19.0. The largest absolute Gasteiger partial charge is 0.495 e. The third-order valence-corrected chi connectivity index (χ3v) is 5.96. The van der Waals surface area contributed by atoms with Gasteiger partial charge in [0, 0.05) is 31.4 Å². The highest BCUT2D eigenvalue weighted by molar-refractivity contribution is 5.72. The molecule has 6 nitrogen and oxygen atoms in total. The number of nitrogens with zero attached hydrogens (tertiary/aromatic N) is 5. The number of halogens is 1. The molecule has 0 atom stereocenters. The van der Waals surface area contributed by atoms with Gasteiger partial charge in [-0.3, -0.25) is 4.90 Å². The lowest BCUT2D eigenvalue weighted by molar-refractivity contribution is 0.270. The fourth-order valence-corrected chi connectivity index (χ4v) is 4.22. The maximum absolute atomic E-state index is 13.5. The first-order valence-corrected chi connectivity index (χ1v) is 10.9. The maximum Gasteiger partial charge on any atom is 0.143 e. The molecule has 1 aliphatic heterocycles. The number of aromatic nitrogens is 4. The van der Waals surface area contributed by atoms with Gasteiger partial charge in [0.2, 0.25) is 0 Å². The summed E-state index contributed by atoms with van der Waals surface area (Å²) in [6.07, 6.45) is 7.84. The van der Waals surface area contributed by atoms with Crippen molar-refractivity contribution in [2.45, 2.75) is 20.0 Å². The molecule has 7 heteroatoms. The molecule has 3 heterocycles. The van der Waals surface area contributed by atoms with Crippen LogP contribution in [0.15, 0.2) is 55.0 Å². The first-order chi connectivity index (χ1) is 16.0. The molecule has 0 saturated heterocycles. The molecule has 0 N–H and O–H groups in total. The van der Waals surface area contributed by atoms with Crippen molar-refractivity contribution >= 4 is 12.2 Å². The lowest BCUT2D eigenvalue weighted by Gasteiger charge is -2.25. The Morgan fingerprint density at radius 1 is 1.06 bits per heavy atom. The average molecular weight is 444 g/mol. The van der Waals surface area contributed by atoms with Crippen LogP contribution in [0.4, 0.5) is 4.39 Å². The SMILES string of the molecule is COc1cc(/C=C/c2nc(-c3ccc(F)cc3)c3n2CCN(C)C3)ccc1-n1cnc(C)c1. The summed E-state index contributed by atoms with van der Waals surface area (Å²) in [5, 5.41) is 0. The quantitative estimate of drug-likeness (QED) is 0.444. The van der Waals surface area contributed by atoms with Gasteiger partial charge in [-0.05, 0) is 62.0 Å². The highest BCUT2D eigenvalue weighted by Crippen LogP contribution is 2.29. The monoisotopic (exact) mass is 443 g/mol. The van der Waals surface area contributed by atoms with E-state index in [0.29, 0.717) is 0 Å². The molecular weight excluding hydrogens is 417 g/mol. The summed E-state index contributed by atoms with van der Waals surface area (Å²) in [5.74, 6) is 1.42. The molecule has 0 fully saturated rings. The molecule has 0 saturated carbocycles. The number of aryl methyl sites for hydroxylation is 1. The first-order valence-electron chi connectivity index (χ1n) is 10.9. The molecule has 4 aromatic rings. The van der Waals surface area contributed by atoms with E-state index in [4.69, 9.17) is 9.72 Å². The van der Waals surface area contributed by atoms with Gasteiger partial charge in [0.05, 0.1) is 36.2 Å². The Hall–Kier alpha value is -3.71. The van der Waals surface area contributed by atoms with Crippen LogP contribution in [0, 0.1) is 12.7 Å². The standard InChI is InChI=1S/C26H26FN5O/c1-18-15-31(17-28-18)22-10-4-19(14-24(22)33-3)5-11-25-29-26(20-6-8-21(27)9-7-20)23-16-30(2)12-13-32(23)25/h4-11,14-15,17H,12-13,16H2,1-3H3/b11-5+. The lowest BCUT2D eigenvalue weighted by atomic mass is 10.1. The van der Waals surface area contributed by atoms with Crippen molar-refractivity contribution in [2.24, 2.45) is 0 Å². The van der Waals surface area contributed by atoms with E-state index in [-0.39, 0.29) is 5.82 Å². The van der Waals surface area contributed by atoms with Gasteiger partial charge in [0.15, 0.2) is 0 Å². The van der Waals surface area contributed by atoms with Gasteiger partial charge < -0.3 is 13.9 Å². The zero-order valence-electron chi connectivity index (χ0n) is 19.0. The predicted octanol–water partition coefficient (Wildman–Crippen LogP) is 4.81. The second-order valence-electron chi connectivity index (χ2n) is 8.35. The lowest BCUT2D eigenvalue weighted by Crippen LogP contribution is -2.30. The molecule has 0 aliphatic carbocycles. The van der Waals surface area contributed by atoms with E-state index in [1.807, 2.05) is 42.0 Å². The number of benzene rings is 2. The van der Waals surface area contributed by atoms with Crippen LogP contribution in [0.2, 0.25) is 0 Å². The first kappa shape index (κ1) is 21.2. The van der Waals surface area contributed by atoms with Crippen molar-refractivity contribution in [3.63, 3.8) is 0 Å². The molecule has 0 amide bonds. The van der Waals surface area contributed by atoms with Crippen LogP contribution in [0.1, 0.15) is 22.8 Å². The Morgan fingerprint density at radius 3 is 2.61 bits per heavy atom. The maximum atomic E-state index is 13.5. The third kappa shape index (κ3) is 4.19. The van der Waals surface area contributed by atoms with Crippen molar-refractivity contribution in [3.05, 3.63) is 83.6 Å². The van der Waals surface area contributed by atoms with Gasteiger partial charge in [-0.2, -0.15) is 0 Å². The summed E-state index contributed by atoms with van der Waals surface area (Å²) < 4.78 is 23.3. The normalized spacial score (nSPS) is 14.1. The number of rotatable bonds is 5. The Balaban J connectivity index is 1.49. The van der Waals surface area contributed by atoms with E-state index >= 15 is 0 Å². The number of fused-ring (bicyclic) bond motifs is 1. The summed E-state index contributed by atoms with van der Waals surface area (Å²) in [7, 11) is 3.78. The minimum absolute atomic E-state index is 0.243. The topological polar surface area (TPSA) is 48.1 Å². The van der Waals surface area contributed by atoms with Crippen LogP contribution in [-0.4, -0.2) is 44.7 Å². The van der Waals surface area contributed by atoms with Gasteiger partial charge in [-0.25, -0.2) is 14.4 Å². The molecule has 2 aromatic carbocycles. The van der Waals surface area contributed by atoms with Crippen molar-refractivity contribution < 1.29 is 9.13 Å². The van der Waals surface area contributed by atoms with E-state index in [2.05, 4.69) is 27.6 Å². The number of ether oxygens (including phenoxy) is 1. The number of hydrogen-bond acceptors (Lipinski definition) is 4. The van der Waals surface area contributed by atoms with Crippen molar-refractivity contribution in [3.8, 4) is 22.7 Å². The van der Waals surface area contributed by atoms with Crippen LogP contribution in [0.5, 0.6) is 5.75 Å². The van der Waals surface area contributed by atoms with Crippen LogP contribution in [-0.2, 0) is 13.1 Å². The smallest absolute Gasteiger partial charge is 0.143 e. The minimum Gasteiger partial charge on any atom is -0.495 e. The van der Waals surface area contributed by atoms with Gasteiger partial charge in [-0.1, -0.05) is 12.1 Å². The number of imidazole rings is 2. The van der Waals surface area contributed by atoms with E-state index in [1.165, 1.54) is 12.1 Å². The van der Waals surface area contributed by atoms with Gasteiger partial charge in [0.25, 0.3) is 0 Å². The fraction of sp³-hybridized carbons (Fsp3) is 0.231. The Labute approximate surface area is 192 Å². The molecular formula is C26H26FN5O. The van der Waals surface area contributed by atoms with E-state index < -0.39 is 0 Å². The molecule has 0 radical (unpaired) electrons. The second kappa shape index (κ2) is 8.67. The summed E-state index contributed by atoms with van der Waals surface area (Å²) in [4.78, 5) is 11.5. The summed E-state index contributed by atoms with van der Waals surface area (Å²) in [5.41, 5.74) is 5.89. The van der Waals surface area contributed by atoms with Gasteiger partial charge >= 0.3 is 0 Å². The molecule has 0 bridgehead atoms. The van der Waals surface area contributed by atoms with E-state index in [0.717, 1.165) is 65.1 Å². The molecule has 168 valence electrons. The summed E-state index contributed by atoms with van der Waals surface area (Å²) in [6, 6.07) is 12.6. The number of methoxy groups -OCH3 is 1. The third-order valence-electron chi connectivity index (χ3n) is 5.96. The Morgan fingerprint density at radius 2 is 1.88 bits per heavy atom. The molecule has 0 unspecified atom stereocenters. The van der Waals surface area contributed by atoms with Crippen molar-refractivity contribution in [1.82, 2.24) is 24.0 Å². The highest BCUT2D eigenvalue weighted by Gasteiger charge is 2.22. The Kier molecular flexibility index (Phi) is 5.56. The second-order valence-corrected chi connectivity index (χ2v) is 8.35. The molecule has 5 rings (SSSR count). The average Bonchev–Trinajstić information content (AvgIpc) is 3.41. The fourth-order valence-electron chi connectivity index (χ4n) is 4.22. The van der Waals surface area contributed by atoms with Crippen LogP contribution in [0.3, 0.4) is 0 Å². The van der Waals surface area contributed by atoms with Crippen LogP contribution in [0.25, 0.3) is 29.1 Å². The van der Waals surface area contributed by atoms with Gasteiger partial charge in [0.1, 0.15) is 17.4 Å². The Bertz CT molecular complexity index is 1320. The molecule has 0 spiro atoms. The van der Waals surface area contributed by atoms with E-state index in [1.54, 1.807) is 25.6 Å². The number of likely N-dealkylation sites (N-methyl/N-ethyl adjacent to an activating group) is 1. The van der Waals surface area contributed by atoms with Crippen molar-refractivity contribution in [2.75, 3.05) is 20.7 Å². The van der Waals surface area contributed by atoms with E-state index in [9.17, 15) is 4.39 Å². The molecule has 33 heavy (non-hydrogen) atoms. The molecule has 1 aliphatic rings.